The molecule has 1 heterocycles. The molecule has 0 aliphatic carbocycles. The monoisotopic (exact) mass is 536 g/mol. The second-order valence-corrected chi connectivity index (χ2v) is 8.16. The maximum Gasteiger partial charge on any atom is 0.251 e. The van der Waals surface area contributed by atoms with Gasteiger partial charge in [-0.2, -0.15) is 0 Å². The molecule has 0 aliphatic heterocycles. The van der Waals surface area contributed by atoms with Gasteiger partial charge in [0.25, 0.3) is 5.91 Å². The smallest absolute Gasteiger partial charge is 0.251 e. The van der Waals surface area contributed by atoms with Crippen LogP contribution in [0, 0.1) is 0 Å². The molecule has 1 aromatic heterocycles. The van der Waals surface area contributed by atoms with Crippen LogP contribution in [0.15, 0.2) is 18.2 Å². The summed E-state index contributed by atoms with van der Waals surface area (Å²) >= 11 is 3.44. The number of carbonyl (C=O) groups is 3. The number of ketones is 1. The number of Topliss-reactive ketones (excluding diaryl/α,β-unsaturated/α-hetero) is 1. The Labute approximate surface area is 208 Å². The first-order chi connectivity index (χ1) is 16.5. The van der Waals surface area contributed by atoms with Gasteiger partial charge in [0.2, 0.25) is 5.91 Å². The number of nitrogens with one attached hydrogen (secondary N) is 2. The molecule has 34 heavy (non-hydrogen) atoms. The van der Waals surface area contributed by atoms with Crippen molar-refractivity contribution in [3.8, 4) is 0 Å². The van der Waals surface area contributed by atoms with E-state index in [1.165, 1.54) is 0 Å². The number of halogens is 1. The highest BCUT2D eigenvalue weighted by Gasteiger charge is 2.10. The van der Waals surface area contributed by atoms with E-state index in [4.69, 9.17) is 9.47 Å². The molecule has 0 atom stereocenters. The van der Waals surface area contributed by atoms with Crippen LogP contribution < -0.4 is 10.6 Å². The van der Waals surface area contributed by atoms with Gasteiger partial charge in [-0.25, -0.2) is 9.97 Å². The normalized spacial score (nSPS) is 10.9. The van der Waals surface area contributed by atoms with Gasteiger partial charge in [0.05, 0.1) is 55.4 Å². The number of ether oxygens (including phenoxy) is 2. The predicted octanol–water partition coefficient (Wildman–Crippen LogP) is 2.73. The van der Waals surface area contributed by atoms with Crippen molar-refractivity contribution in [2.45, 2.75) is 44.9 Å². The third-order valence-corrected chi connectivity index (χ3v) is 5.46. The molecular weight excluding hydrogens is 504 g/mol. The second-order valence-electron chi connectivity index (χ2n) is 7.60. The Morgan fingerprint density at radius 2 is 1.65 bits per heavy atom. The van der Waals surface area contributed by atoms with Crippen LogP contribution in [0.1, 0.15) is 54.9 Å². The molecule has 2 amide bonds. The Balaban J connectivity index is 1.60. The van der Waals surface area contributed by atoms with Crippen LogP contribution >= 0.6 is 15.9 Å². The van der Waals surface area contributed by atoms with E-state index < -0.39 is 0 Å². The van der Waals surface area contributed by atoms with E-state index in [9.17, 15) is 14.4 Å². The van der Waals surface area contributed by atoms with Crippen LogP contribution in [0.2, 0.25) is 0 Å². The zero-order valence-electron chi connectivity index (χ0n) is 19.8. The summed E-state index contributed by atoms with van der Waals surface area (Å²) in [5.41, 5.74) is 3.80. The van der Waals surface area contributed by atoms with Crippen molar-refractivity contribution < 1.29 is 23.9 Å². The van der Waals surface area contributed by atoms with Gasteiger partial charge in [0.1, 0.15) is 0 Å². The van der Waals surface area contributed by atoms with E-state index in [0.29, 0.717) is 49.2 Å². The summed E-state index contributed by atoms with van der Waals surface area (Å²) in [6.45, 7) is 5.69. The summed E-state index contributed by atoms with van der Waals surface area (Å²) in [4.78, 5) is 44.7. The molecule has 0 unspecified atom stereocenters. The van der Waals surface area contributed by atoms with Crippen molar-refractivity contribution in [1.29, 1.82) is 0 Å². The summed E-state index contributed by atoms with van der Waals surface area (Å²) in [7, 11) is 0. The Morgan fingerprint density at radius 3 is 2.35 bits per heavy atom. The zero-order valence-corrected chi connectivity index (χ0v) is 21.4. The van der Waals surface area contributed by atoms with Gasteiger partial charge in [-0.15, -0.1) is 0 Å². The third-order valence-electron chi connectivity index (χ3n) is 4.93. The van der Waals surface area contributed by atoms with Gasteiger partial charge in [0.15, 0.2) is 5.78 Å². The Kier molecular flexibility index (Phi) is 12.7. The summed E-state index contributed by atoms with van der Waals surface area (Å²) in [5, 5.41) is 6.02. The molecule has 2 N–H and O–H groups in total. The molecule has 10 heteroatoms. The number of aryl methyl sites for hydroxylation is 1. The number of rotatable bonds is 16. The van der Waals surface area contributed by atoms with Gasteiger partial charge in [-0.1, -0.05) is 29.8 Å². The first kappa shape index (κ1) is 27.8. The Bertz CT molecular complexity index is 970. The standard InChI is InChI=1S/C24H33BrN4O5/c1-3-5-18(30)16-27-23(31)8-10-33-12-13-34-11-9-26-24(32)17-6-7-20-21(14-17)29-22(15-25)19(4-2)28-20/h6-7,14H,3-5,8-13,15-16H2,1-2H3,(H,26,32)(H,27,31). The molecule has 2 rings (SSSR count). The van der Waals surface area contributed by atoms with Crippen molar-refractivity contribution in [3.63, 3.8) is 0 Å². The average molecular weight is 537 g/mol. The minimum atomic E-state index is -0.207. The summed E-state index contributed by atoms with van der Waals surface area (Å²) in [6, 6.07) is 5.30. The van der Waals surface area contributed by atoms with Crippen molar-refractivity contribution in [3.05, 3.63) is 35.2 Å². The van der Waals surface area contributed by atoms with E-state index in [-0.39, 0.29) is 37.2 Å². The topological polar surface area (TPSA) is 120 Å². The minimum absolute atomic E-state index is 0.0286. The summed E-state index contributed by atoms with van der Waals surface area (Å²) < 4.78 is 10.8. The highest BCUT2D eigenvalue weighted by Crippen LogP contribution is 2.17. The minimum Gasteiger partial charge on any atom is -0.379 e. The van der Waals surface area contributed by atoms with Gasteiger partial charge in [0, 0.05) is 30.3 Å². The predicted molar refractivity (Wildman–Crippen MR) is 133 cm³/mol. The van der Waals surface area contributed by atoms with Gasteiger partial charge >= 0.3 is 0 Å². The third kappa shape index (κ3) is 9.44. The maximum atomic E-state index is 12.4. The fourth-order valence-corrected chi connectivity index (χ4v) is 3.59. The van der Waals surface area contributed by atoms with Crippen LogP contribution in [-0.4, -0.2) is 67.1 Å². The Morgan fingerprint density at radius 1 is 0.912 bits per heavy atom. The van der Waals surface area contributed by atoms with Crippen LogP contribution in [-0.2, 0) is 30.8 Å². The molecule has 9 nitrogen and oxygen atoms in total. The molecule has 0 radical (unpaired) electrons. The summed E-state index contributed by atoms with van der Waals surface area (Å²) in [6.07, 6.45) is 2.25. The molecule has 0 aliphatic rings. The fourth-order valence-electron chi connectivity index (χ4n) is 3.14. The van der Waals surface area contributed by atoms with E-state index in [0.717, 1.165) is 29.7 Å². The van der Waals surface area contributed by atoms with Crippen LogP contribution in [0.5, 0.6) is 0 Å². The molecule has 1 aromatic carbocycles. The number of hydrogen-bond acceptors (Lipinski definition) is 7. The van der Waals surface area contributed by atoms with E-state index in [1.54, 1.807) is 12.1 Å². The number of nitrogens with zero attached hydrogens (tertiary/aromatic N) is 2. The molecule has 2 aromatic rings. The van der Waals surface area contributed by atoms with Crippen molar-refractivity contribution in [2.24, 2.45) is 0 Å². The van der Waals surface area contributed by atoms with Gasteiger partial charge < -0.3 is 20.1 Å². The first-order valence-corrected chi connectivity index (χ1v) is 12.7. The van der Waals surface area contributed by atoms with Crippen molar-refractivity contribution >= 4 is 44.6 Å². The maximum absolute atomic E-state index is 12.4. The first-order valence-electron chi connectivity index (χ1n) is 11.6. The fraction of sp³-hybridized carbons (Fsp3) is 0.542. The number of fused-ring (bicyclic) bond motifs is 1. The number of aromatic nitrogens is 2. The largest absolute Gasteiger partial charge is 0.379 e. The summed E-state index contributed by atoms with van der Waals surface area (Å²) in [5.74, 6) is -0.380. The lowest BCUT2D eigenvalue weighted by atomic mass is 10.1. The number of alkyl halides is 1. The molecule has 0 fully saturated rings. The van der Waals surface area contributed by atoms with E-state index >= 15 is 0 Å². The molecule has 186 valence electrons. The molecule has 0 bridgehead atoms. The van der Waals surface area contributed by atoms with Gasteiger partial charge in [-0.3, -0.25) is 14.4 Å². The quantitative estimate of drug-likeness (QED) is 0.250. The highest BCUT2D eigenvalue weighted by atomic mass is 79.9. The van der Waals surface area contributed by atoms with E-state index in [2.05, 4.69) is 36.5 Å². The molecule has 0 saturated carbocycles. The van der Waals surface area contributed by atoms with Crippen molar-refractivity contribution in [2.75, 3.05) is 39.5 Å². The average Bonchev–Trinajstić information content (AvgIpc) is 2.85. The molecular formula is C24H33BrN4O5. The van der Waals surface area contributed by atoms with E-state index in [1.807, 2.05) is 19.9 Å². The molecule has 0 saturated heterocycles. The van der Waals surface area contributed by atoms with Crippen LogP contribution in [0.3, 0.4) is 0 Å². The van der Waals surface area contributed by atoms with Gasteiger partial charge in [-0.05, 0) is 31.0 Å². The lowest BCUT2D eigenvalue weighted by Crippen LogP contribution is -2.30. The second kappa shape index (κ2) is 15.5. The number of benzene rings is 1. The zero-order chi connectivity index (χ0) is 24.8. The number of hydrogen-bond donors (Lipinski definition) is 2. The lowest BCUT2D eigenvalue weighted by Gasteiger charge is -2.09. The SMILES string of the molecule is CCCC(=O)CNC(=O)CCOCCOCCNC(=O)c1ccc2nc(CC)c(CBr)nc2c1. The highest BCUT2D eigenvalue weighted by molar-refractivity contribution is 9.08. The number of amides is 2. The number of carbonyl (C=O) groups excluding carboxylic acids is 3. The van der Waals surface area contributed by atoms with Crippen LogP contribution in [0.4, 0.5) is 0 Å². The lowest BCUT2D eigenvalue weighted by molar-refractivity contribution is -0.126. The van der Waals surface area contributed by atoms with Crippen LogP contribution in [0.25, 0.3) is 11.0 Å². The molecule has 0 spiro atoms. The van der Waals surface area contributed by atoms with Crippen molar-refractivity contribution in [1.82, 2.24) is 20.6 Å². The Hall–Kier alpha value is -2.43.